The molecule has 23 heavy (non-hydrogen) atoms. The van der Waals surface area contributed by atoms with Crippen molar-refractivity contribution in [1.29, 1.82) is 0 Å². The van der Waals surface area contributed by atoms with Crippen molar-refractivity contribution in [3.05, 3.63) is 39.7 Å². The molecule has 0 atom stereocenters. The molecule has 3 rings (SSSR count). The standard InChI is InChI=1S/C13H10Cl2N4O3S/c14-7-4-9-11(5-8(7)15)23-13(17-9)16-2-1-6-3-10(19-22-6)12(20)18-21/h3-5,21H,1-2H2,(H,16,17)(H,18,20). The highest BCUT2D eigenvalue weighted by Gasteiger charge is 2.12. The van der Waals surface area contributed by atoms with E-state index in [1.807, 2.05) is 0 Å². The summed E-state index contributed by atoms with van der Waals surface area (Å²) in [6.07, 6.45) is 0.503. The average Bonchev–Trinajstić information content (AvgIpc) is 3.14. The first-order chi connectivity index (χ1) is 11.1. The van der Waals surface area contributed by atoms with Gasteiger partial charge in [0.05, 0.1) is 20.3 Å². The van der Waals surface area contributed by atoms with Crippen LogP contribution in [-0.4, -0.2) is 27.8 Å². The van der Waals surface area contributed by atoms with Gasteiger partial charge in [-0.3, -0.25) is 10.0 Å². The number of thiazole rings is 1. The molecule has 0 spiro atoms. The van der Waals surface area contributed by atoms with Gasteiger partial charge in [-0.2, -0.15) is 0 Å². The lowest BCUT2D eigenvalue weighted by molar-refractivity contribution is 0.0696. The lowest BCUT2D eigenvalue weighted by Crippen LogP contribution is -2.18. The van der Waals surface area contributed by atoms with Crippen molar-refractivity contribution in [2.75, 3.05) is 11.9 Å². The van der Waals surface area contributed by atoms with Crippen LogP contribution in [0.15, 0.2) is 22.7 Å². The van der Waals surface area contributed by atoms with Crippen LogP contribution in [0.3, 0.4) is 0 Å². The lowest BCUT2D eigenvalue weighted by Gasteiger charge is -1.98. The van der Waals surface area contributed by atoms with Gasteiger partial charge in [0.25, 0.3) is 5.91 Å². The fraction of sp³-hybridized carbons (Fsp3) is 0.154. The van der Waals surface area contributed by atoms with Crippen molar-refractivity contribution in [3.8, 4) is 0 Å². The van der Waals surface area contributed by atoms with Crippen LogP contribution in [0.2, 0.25) is 10.0 Å². The van der Waals surface area contributed by atoms with Gasteiger partial charge < -0.3 is 9.84 Å². The third-order valence-corrected chi connectivity index (χ3v) is 4.67. The van der Waals surface area contributed by atoms with Crippen molar-refractivity contribution >= 4 is 55.8 Å². The molecule has 0 aliphatic carbocycles. The zero-order valence-corrected chi connectivity index (χ0v) is 13.8. The Hall–Kier alpha value is -1.87. The lowest BCUT2D eigenvalue weighted by atomic mass is 10.3. The molecule has 2 heterocycles. The average molecular weight is 373 g/mol. The minimum atomic E-state index is -0.715. The second kappa shape index (κ2) is 6.71. The molecule has 10 heteroatoms. The number of hydrogen-bond acceptors (Lipinski definition) is 7. The van der Waals surface area contributed by atoms with Crippen LogP contribution in [0.4, 0.5) is 5.13 Å². The summed E-state index contributed by atoms with van der Waals surface area (Å²) in [5.41, 5.74) is 2.29. The van der Waals surface area contributed by atoms with E-state index in [0.717, 1.165) is 15.3 Å². The summed E-state index contributed by atoms with van der Waals surface area (Å²) in [6.45, 7) is 0.538. The predicted molar refractivity (Wildman–Crippen MR) is 87.6 cm³/mol. The summed E-state index contributed by atoms with van der Waals surface area (Å²) >= 11 is 13.4. The van der Waals surface area contributed by atoms with Crippen LogP contribution in [0.5, 0.6) is 0 Å². The molecule has 120 valence electrons. The third kappa shape index (κ3) is 3.56. The number of benzene rings is 1. The number of carbonyl (C=O) groups is 1. The van der Waals surface area contributed by atoms with Crippen LogP contribution in [-0.2, 0) is 6.42 Å². The summed E-state index contributed by atoms with van der Waals surface area (Å²) in [6, 6.07) is 4.96. The van der Waals surface area contributed by atoms with Gasteiger partial charge in [-0.15, -0.1) is 0 Å². The number of nitrogens with zero attached hydrogens (tertiary/aromatic N) is 2. The molecule has 1 aromatic carbocycles. The fourth-order valence-electron chi connectivity index (χ4n) is 1.89. The third-order valence-electron chi connectivity index (χ3n) is 2.97. The van der Waals surface area contributed by atoms with E-state index in [1.165, 1.54) is 22.9 Å². The molecular formula is C13H10Cl2N4O3S. The van der Waals surface area contributed by atoms with Gasteiger partial charge in [0, 0.05) is 19.0 Å². The molecule has 0 saturated carbocycles. The molecule has 3 aromatic rings. The first kappa shape index (κ1) is 16.0. The molecule has 0 bridgehead atoms. The number of hydroxylamine groups is 1. The van der Waals surface area contributed by atoms with E-state index in [0.29, 0.717) is 28.8 Å². The molecule has 7 nitrogen and oxygen atoms in total. The van der Waals surface area contributed by atoms with E-state index in [-0.39, 0.29) is 5.69 Å². The monoisotopic (exact) mass is 372 g/mol. The molecule has 0 fully saturated rings. The maximum absolute atomic E-state index is 11.1. The normalized spacial score (nSPS) is 10.9. The fourth-order valence-corrected chi connectivity index (χ4v) is 3.19. The van der Waals surface area contributed by atoms with Gasteiger partial charge in [0.2, 0.25) is 0 Å². The van der Waals surface area contributed by atoms with Crippen LogP contribution >= 0.6 is 34.5 Å². The first-order valence-electron chi connectivity index (χ1n) is 6.46. The van der Waals surface area contributed by atoms with E-state index >= 15 is 0 Å². The summed E-state index contributed by atoms with van der Waals surface area (Å²) in [4.78, 5) is 15.6. The van der Waals surface area contributed by atoms with E-state index in [9.17, 15) is 4.79 Å². The van der Waals surface area contributed by atoms with Gasteiger partial charge in [-0.1, -0.05) is 39.7 Å². The Labute approximate surface area is 144 Å². The second-order valence-electron chi connectivity index (χ2n) is 4.55. The minimum absolute atomic E-state index is 0.0202. The summed E-state index contributed by atoms with van der Waals surface area (Å²) in [7, 11) is 0. The van der Waals surface area contributed by atoms with Crippen molar-refractivity contribution in [1.82, 2.24) is 15.6 Å². The van der Waals surface area contributed by atoms with Crippen molar-refractivity contribution in [3.63, 3.8) is 0 Å². The molecule has 0 unspecified atom stereocenters. The molecule has 2 aromatic heterocycles. The second-order valence-corrected chi connectivity index (χ2v) is 6.39. The number of hydrogen-bond donors (Lipinski definition) is 3. The maximum Gasteiger partial charge on any atom is 0.296 e. The van der Waals surface area contributed by atoms with Crippen LogP contribution in [0.1, 0.15) is 16.2 Å². The molecule has 3 N–H and O–H groups in total. The predicted octanol–water partition coefficient (Wildman–Crippen LogP) is 3.36. The Bertz CT molecular complexity index is 825. The number of amides is 1. The quantitative estimate of drug-likeness (QED) is 0.468. The largest absolute Gasteiger partial charge is 0.361 e. The summed E-state index contributed by atoms with van der Waals surface area (Å²) < 4.78 is 5.94. The van der Waals surface area contributed by atoms with Gasteiger partial charge in [0.1, 0.15) is 5.76 Å². The number of rotatable bonds is 5. The number of aromatic nitrogens is 2. The van der Waals surface area contributed by atoms with Crippen molar-refractivity contribution in [2.45, 2.75) is 6.42 Å². The van der Waals surface area contributed by atoms with Crippen LogP contribution in [0, 0.1) is 0 Å². The van der Waals surface area contributed by atoms with Crippen LogP contribution in [0.25, 0.3) is 10.2 Å². The van der Waals surface area contributed by atoms with Gasteiger partial charge in [-0.25, -0.2) is 10.5 Å². The number of nitrogens with one attached hydrogen (secondary N) is 2. The van der Waals surface area contributed by atoms with E-state index in [2.05, 4.69) is 15.5 Å². The number of carbonyl (C=O) groups excluding carboxylic acids is 1. The minimum Gasteiger partial charge on any atom is -0.361 e. The molecule has 0 aliphatic rings. The Morgan fingerprint density at radius 2 is 2.09 bits per heavy atom. The summed E-state index contributed by atoms with van der Waals surface area (Å²) in [5, 5.41) is 16.9. The van der Waals surface area contributed by atoms with Gasteiger partial charge in [0.15, 0.2) is 10.8 Å². The Balaban J connectivity index is 1.62. The number of halogens is 2. The maximum atomic E-state index is 11.1. The zero-order chi connectivity index (χ0) is 16.4. The Kier molecular flexibility index (Phi) is 4.67. The smallest absolute Gasteiger partial charge is 0.296 e. The Morgan fingerprint density at radius 1 is 1.30 bits per heavy atom. The van der Waals surface area contributed by atoms with Gasteiger partial charge in [-0.05, 0) is 12.1 Å². The zero-order valence-electron chi connectivity index (χ0n) is 11.5. The highest BCUT2D eigenvalue weighted by Crippen LogP contribution is 2.32. The van der Waals surface area contributed by atoms with E-state index < -0.39 is 5.91 Å². The first-order valence-corrected chi connectivity index (χ1v) is 8.03. The highest BCUT2D eigenvalue weighted by atomic mass is 35.5. The molecular weight excluding hydrogens is 363 g/mol. The summed E-state index contributed by atoms with van der Waals surface area (Å²) in [5.74, 6) is -0.198. The number of anilines is 1. The molecule has 0 radical (unpaired) electrons. The van der Waals surface area contributed by atoms with Gasteiger partial charge >= 0.3 is 0 Å². The van der Waals surface area contributed by atoms with Crippen molar-refractivity contribution in [2.24, 2.45) is 0 Å². The SMILES string of the molecule is O=C(NO)c1cc(CCNc2nc3cc(Cl)c(Cl)cc3s2)on1. The molecule has 0 aliphatic heterocycles. The van der Waals surface area contributed by atoms with E-state index in [4.69, 9.17) is 32.9 Å². The van der Waals surface area contributed by atoms with Crippen molar-refractivity contribution < 1.29 is 14.5 Å². The molecule has 0 saturated heterocycles. The van der Waals surface area contributed by atoms with E-state index in [1.54, 1.807) is 12.1 Å². The van der Waals surface area contributed by atoms with Crippen LogP contribution < -0.4 is 10.8 Å². The topological polar surface area (TPSA) is 100 Å². The Morgan fingerprint density at radius 3 is 2.87 bits per heavy atom. The number of fused-ring (bicyclic) bond motifs is 1. The molecule has 1 amide bonds. The highest BCUT2D eigenvalue weighted by molar-refractivity contribution is 7.22.